The molecule has 5 heteroatoms. The number of piperazine rings is 1. The van der Waals surface area contributed by atoms with E-state index in [0.717, 1.165) is 53.4 Å². The molecule has 1 aromatic heterocycles. The molecule has 0 spiro atoms. The molecule has 3 heterocycles. The molecule has 0 unspecified atom stereocenters. The topological polar surface area (TPSA) is 56.4 Å². The summed E-state index contributed by atoms with van der Waals surface area (Å²) in [5.41, 5.74) is 5.54. The third-order valence-corrected chi connectivity index (χ3v) is 7.79. The number of para-hydroxylation sites is 1. The van der Waals surface area contributed by atoms with E-state index in [1.165, 1.54) is 12.0 Å². The first kappa shape index (κ1) is 19.6. The predicted molar refractivity (Wildman–Crippen MR) is 124 cm³/mol. The number of amides is 2. The van der Waals surface area contributed by atoms with Crippen molar-refractivity contribution in [3.63, 3.8) is 0 Å². The number of rotatable bonds is 2. The van der Waals surface area contributed by atoms with E-state index < -0.39 is 6.04 Å². The summed E-state index contributed by atoms with van der Waals surface area (Å²) in [7, 11) is 0. The molecule has 0 bridgehead atoms. The molecule has 1 saturated carbocycles. The summed E-state index contributed by atoms with van der Waals surface area (Å²) in [6.45, 7) is 2.30. The van der Waals surface area contributed by atoms with Gasteiger partial charge in [0.2, 0.25) is 11.8 Å². The van der Waals surface area contributed by atoms with E-state index in [9.17, 15) is 9.59 Å². The fraction of sp³-hybridized carbons (Fsp3) is 0.407. The van der Waals surface area contributed by atoms with Gasteiger partial charge < -0.3 is 14.8 Å². The third kappa shape index (κ3) is 2.90. The number of aryl methyl sites for hydroxylation is 1. The maximum absolute atomic E-state index is 13.9. The Morgan fingerprint density at radius 1 is 0.938 bits per heavy atom. The number of benzene rings is 2. The van der Waals surface area contributed by atoms with Gasteiger partial charge in [0.15, 0.2) is 0 Å². The predicted octanol–water partition coefficient (Wildman–Crippen LogP) is 4.49. The van der Waals surface area contributed by atoms with Crippen molar-refractivity contribution in [2.24, 2.45) is 0 Å². The SMILES string of the molecule is Cc1ccccc1[C@@H]1c2[nH]c3ccccc3c2C[C@H]2C(=O)N(C3CCCCC3)CC(=O)N12. The van der Waals surface area contributed by atoms with Crippen molar-refractivity contribution in [3.05, 3.63) is 70.9 Å². The fourth-order valence-electron chi connectivity index (χ4n) is 6.21. The van der Waals surface area contributed by atoms with Crippen molar-refractivity contribution >= 4 is 22.7 Å². The van der Waals surface area contributed by atoms with E-state index in [0.29, 0.717) is 6.42 Å². The van der Waals surface area contributed by atoms with Gasteiger partial charge in [0.25, 0.3) is 0 Å². The van der Waals surface area contributed by atoms with Gasteiger partial charge in [-0.05, 0) is 42.5 Å². The molecular weight excluding hydrogens is 398 g/mol. The third-order valence-electron chi connectivity index (χ3n) is 7.79. The van der Waals surface area contributed by atoms with Crippen molar-refractivity contribution in [3.8, 4) is 0 Å². The largest absolute Gasteiger partial charge is 0.356 e. The first-order chi connectivity index (χ1) is 15.6. The molecule has 1 N–H and O–H groups in total. The highest BCUT2D eigenvalue weighted by Gasteiger charge is 2.49. The Labute approximate surface area is 188 Å². The Kier molecular flexibility index (Phi) is 4.60. The van der Waals surface area contributed by atoms with E-state index in [4.69, 9.17) is 0 Å². The van der Waals surface area contributed by atoms with Crippen LogP contribution in [0.5, 0.6) is 0 Å². The number of aromatic nitrogens is 1. The quantitative estimate of drug-likeness (QED) is 0.655. The molecule has 2 amide bonds. The van der Waals surface area contributed by atoms with Gasteiger partial charge in [-0.3, -0.25) is 9.59 Å². The number of aromatic amines is 1. The molecule has 1 aliphatic carbocycles. The van der Waals surface area contributed by atoms with E-state index >= 15 is 0 Å². The van der Waals surface area contributed by atoms with Crippen LogP contribution in [0.1, 0.15) is 60.5 Å². The second-order valence-corrected chi connectivity index (χ2v) is 9.60. The smallest absolute Gasteiger partial charge is 0.246 e. The number of hydrogen-bond acceptors (Lipinski definition) is 2. The highest BCUT2D eigenvalue weighted by atomic mass is 16.2. The number of nitrogens with zero attached hydrogens (tertiary/aromatic N) is 2. The van der Waals surface area contributed by atoms with Crippen molar-refractivity contribution in [1.29, 1.82) is 0 Å². The molecule has 1 saturated heterocycles. The van der Waals surface area contributed by atoms with Crippen LogP contribution in [0, 0.1) is 6.92 Å². The molecule has 2 fully saturated rings. The molecule has 5 nitrogen and oxygen atoms in total. The minimum absolute atomic E-state index is 0.0673. The Balaban J connectivity index is 1.50. The van der Waals surface area contributed by atoms with Crippen LogP contribution < -0.4 is 0 Å². The fourth-order valence-corrected chi connectivity index (χ4v) is 6.21. The Bertz CT molecular complexity index is 1210. The average Bonchev–Trinajstić information content (AvgIpc) is 3.20. The van der Waals surface area contributed by atoms with E-state index in [1.54, 1.807) is 0 Å². The Hall–Kier alpha value is -3.08. The summed E-state index contributed by atoms with van der Waals surface area (Å²) in [6, 6.07) is 16.0. The number of fused-ring (bicyclic) bond motifs is 4. The number of H-pyrrole nitrogens is 1. The monoisotopic (exact) mass is 427 g/mol. The van der Waals surface area contributed by atoms with Crippen LogP contribution in [0.3, 0.4) is 0 Å². The average molecular weight is 428 g/mol. The number of carbonyl (C=O) groups excluding carboxylic acids is 2. The standard InChI is InChI=1S/C27H29N3O2/c1-17-9-5-6-12-19(17)26-25-21(20-13-7-8-14-22(20)28-25)15-23-27(32)29(16-24(31)30(23)26)18-10-3-2-4-11-18/h5-9,12-14,18,23,26,28H,2-4,10-11,15-16H2,1H3/t23-,26+/m0/s1. The van der Waals surface area contributed by atoms with E-state index in [-0.39, 0.29) is 30.4 Å². The zero-order valence-electron chi connectivity index (χ0n) is 18.5. The lowest BCUT2D eigenvalue weighted by Gasteiger charge is -2.49. The zero-order valence-corrected chi connectivity index (χ0v) is 18.5. The van der Waals surface area contributed by atoms with Crippen LogP contribution in [0.25, 0.3) is 10.9 Å². The first-order valence-electron chi connectivity index (χ1n) is 11.9. The number of nitrogens with one attached hydrogen (secondary N) is 1. The molecular formula is C27H29N3O2. The van der Waals surface area contributed by atoms with Crippen LogP contribution in [-0.4, -0.2) is 45.2 Å². The number of hydrogen-bond donors (Lipinski definition) is 1. The number of carbonyl (C=O) groups is 2. The van der Waals surface area contributed by atoms with Gasteiger partial charge in [-0.15, -0.1) is 0 Å². The van der Waals surface area contributed by atoms with Gasteiger partial charge in [-0.1, -0.05) is 61.7 Å². The van der Waals surface area contributed by atoms with E-state index in [1.807, 2.05) is 34.1 Å². The minimum atomic E-state index is -0.436. The summed E-state index contributed by atoms with van der Waals surface area (Å²) in [4.78, 5) is 34.9. The van der Waals surface area contributed by atoms with Crippen molar-refractivity contribution < 1.29 is 9.59 Å². The van der Waals surface area contributed by atoms with Gasteiger partial charge >= 0.3 is 0 Å². The Morgan fingerprint density at radius 3 is 2.50 bits per heavy atom. The molecule has 6 rings (SSSR count). The van der Waals surface area contributed by atoms with Gasteiger partial charge in [0.05, 0.1) is 6.04 Å². The molecule has 164 valence electrons. The lowest BCUT2D eigenvalue weighted by Crippen LogP contribution is -2.65. The summed E-state index contributed by atoms with van der Waals surface area (Å²) in [5, 5.41) is 1.16. The molecule has 3 aliphatic rings. The molecule has 2 atom stereocenters. The first-order valence-corrected chi connectivity index (χ1v) is 11.9. The van der Waals surface area contributed by atoms with Gasteiger partial charge in [0, 0.05) is 29.1 Å². The summed E-state index contributed by atoms with van der Waals surface area (Å²) >= 11 is 0. The summed E-state index contributed by atoms with van der Waals surface area (Å²) < 4.78 is 0. The van der Waals surface area contributed by atoms with Crippen LogP contribution in [0.4, 0.5) is 0 Å². The minimum Gasteiger partial charge on any atom is -0.356 e. The second kappa shape index (κ2) is 7.51. The van der Waals surface area contributed by atoms with Crippen LogP contribution in [0.2, 0.25) is 0 Å². The molecule has 2 aromatic carbocycles. The van der Waals surface area contributed by atoms with Gasteiger partial charge in [0.1, 0.15) is 12.6 Å². The molecule has 2 aliphatic heterocycles. The van der Waals surface area contributed by atoms with E-state index in [2.05, 4.69) is 36.2 Å². The maximum atomic E-state index is 13.9. The highest BCUT2D eigenvalue weighted by Crippen LogP contribution is 2.43. The summed E-state index contributed by atoms with van der Waals surface area (Å²) in [6.07, 6.45) is 6.15. The normalized spacial score (nSPS) is 24.0. The van der Waals surface area contributed by atoms with Crippen molar-refractivity contribution in [2.75, 3.05) is 6.54 Å². The highest BCUT2D eigenvalue weighted by molar-refractivity contribution is 5.98. The van der Waals surface area contributed by atoms with Crippen molar-refractivity contribution in [2.45, 2.75) is 63.6 Å². The van der Waals surface area contributed by atoms with Gasteiger partial charge in [-0.25, -0.2) is 0 Å². The van der Waals surface area contributed by atoms with Crippen molar-refractivity contribution in [1.82, 2.24) is 14.8 Å². The summed E-state index contributed by atoms with van der Waals surface area (Å²) in [5.74, 6) is 0.198. The van der Waals surface area contributed by atoms with Crippen LogP contribution in [0.15, 0.2) is 48.5 Å². The second-order valence-electron chi connectivity index (χ2n) is 9.60. The molecule has 32 heavy (non-hydrogen) atoms. The lowest BCUT2D eigenvalue weighted by atomic mass is 9.84. The molecule has 0 radical (unpaired) electrons. The lowest BCUT2D eigenvalue weighted by molar-refractivity contribution is -0.161. The molecule has 3 aromatic rings. The van der Waals surface area contributed by atoms with Crippen LogP contribution in [-0.2, 0) is 16.0 Å². The Morgan fingerprint density at radius 2 is 1.69 bits per heavy atom. The zero-order chi connectivity index (χ0) is 21.8. The van der Waals surface area contributed by atoms with Gasteiger partial charge in [-0.2, -0.15) is 0 Å². The van der Waals surface area contributed by atoms with Crippen LogP contribution >= 0.6 is 0 Å². The maximum Gasteiger partial charge on any atom is 0.246 e.